The molecule has 17 heavy (non-hydrogen) atoms. The number of amides is 1. The minimum atomic E-state index is -0.178. The molecule has 3 heteroatoms. The lowest BCUT2D eigenvalue weighted by Crippen LogP contribution is -2.38. The predicted octanol–water partition coefficient (Wildman–Crippen LogP) is 2.33. The van der Waals surface area contributed by atoms with Crippen LogP contribution < -0.4 is 10.6 Å². The number of rotatable bonds is 5. The molecular formula is C14H20N2O. The van der Waals surface area contributed by atoms with Crippen LogP contribution in [0.15, 0.2) is 24.3 Å². The van der Waals surface area contributed by atoms with Gasteiger partial charge >= 0.3 is 0 Å². The highest BCUT2D eigenvalue weighted by atomic mass is 16.2. The van der Waals surface area contributed by atoms with Crippen molar-refractivity contribution in [3.63, 3.8) is 0 Å². The number of carbonyl (C=O) groups is 1. The first-order valence-electron chi connectivity index (χ1n) is 6.35. The van der Waals surface area contributed by atoms with Gasteiger partial charge in [0.1, 0.15) is 6.04 Å². The van der Waals surface area contributed by atoms with Crippen molar-refractivity contribution in [3.05, 3.63) is 29.8 Å². The van der Waals surface area contributed by atoms with E-state index in [-0.39, 0.29) is 11.9 Å². The molecule has 1 aromatic carbocycles. The van der Waals surface area contributed by atoms with E-state index in [1.165, 1.54) is 5.56 Å². The van der Waals surface area contributed by atoms with Crippen LogP contribution in [0.5, 0.6) is 0 Å². The molecule has 0 aliphatic heterocycles. The second-order valence-electron chi connectivity index (χ2n) is 4.70. The van der Waals surface area contributed by atoms with Gasteiger partial charge in [-0.25, -0.2) is 0 Å². The third kappa shape index (κ3) is 3.48. The first-order chi connectivity index (χ1) is 8.19. The number of benzene rings is 1. The van der Waals surface area contributed by atoms with Crippen LogP contribution in [0.1, 0.15) is 32.3 Å². The second kappa shape index (κ2) is 5.21. The molecule has 92 valence electrons. The average molecular weight is 232 g/mol. The summed E-state index contributed by atoms with van der Waals surface area (Å²) in [5, 5.41) is 6.24. The maximum Gasteiger partial charge on any atom is 0.242 e. The molecule has 1 atom stereocenters. The lowest BCUT2D eigenvalue weighted by Gasteiger charge is -2.15. The SMILES string of the molecule is CCc1cccc(NC(C)C(=O)NC2CC2)c1. The summed E-state index contributed by atoms with van der Waals surface area (Å²) < 4.78 is 0. The molecule has 1 fully saturated rings. The van der Waals surface area contributed by atoms with Crippen molar-refractivity contribution >= 4 is 11.6 Å². The highest BCUT2D eigenvalue weighted by molar-refractivity contribution is 5.84. The van der Waals surface area contributed by atoms with Gasteiger partial charge in [-0.15, -0.1) is 0 Å². The Morgan fingerprint density at radius 1 is 1.47 bits per heavy atom. The van der Waals surface area contributed by atoms with Gasteiger partial charge in [0.2, 0.25) is 5.91 Å². The normalized spacial score (nSPS) is 16.4. The van der Waals surface area contributed by atoms with Crippen LogP contribution >= 0.6 is 0 Å². The van der Waals surface area contributed by atoms with E-state index in [2.05, 4.69) is 29.7 Å². The van der Waals surface area contributed by atoms with Gasteiger partial charge in [0.15, 0.2) is 0 Å². The molecule has 0 aromatic heterocycles. The molecule has 2 rings (SSSR count). The molecular weight excluding hydrogens is 212 g/mol. The monoisotopic (exact) mass is 232 g/mol. The minimum absolute atomic E-state index is 0.0920. The van der Waals surface area contributed by atoms with E-state index in [0.717, 1.165) is 24.9 Å². The van der Waals surface area contributed by atoms with Gasteiger partial charge in [0, 0.05) is 11.7 Å². The highest BCUT2D eigenvalue weighted by Gasteiger charge is 2.25. The topological polar surface area (TPSA) is 41.1 Å². The number of anilines is 1. The first-order valence-corrected chi connectivity index (χ1v) is 6.35. The number of hydrogen-bond donors (Lipinski definition) is 2. The van der Waals surface area contributed by atoms with Gasteiger partial charge in [-0.1, -0.05) is 19.1 Å². The van der Waals surface area contributed by atoms with Crippen LogP contribution in [0.2, 0.25) is 0 Å². The van der Waals surface area contributed by atoms with E-state index in [4.69, 9.17) is 0 Å². The van der Waals surface area contributed by atoms with E-state index in [1.54, 1.807) is 0 Å². The Labute approximate surface area is 103 Å². The Balaban J connectivity index is 1.91. The fourth-order valence-corrected chi connectivity index (χ4v) is 1.75. The van der Waals surface area contributed by atoms with Gasteiger partial charge in [-0.3, -0.25) is 4.79 Å². The number of aryl methyl sites for hydroxylation is 1. The van der Waals surface area contributed by atoms with E-state index >= 15 is 0 Å². The third-order valence-electron chi connectivity index (χ3n) is 3.04. The molecule has 0 spiro atoms. The van der Waals surface area contributed by atoms with Gasteiger partial charge in [0.05, 0.1) is 0 Å². The molecule has 1 amide bonds. The molecule has 1 aliphatic carbocycles. The lowest BCUT2D eigenvalue weighted by molar-refractivity contribution is -0.121. The van der Waals surface area contributed by atoms with Crippen molar-refractivity contribution in [1.82, 2.24) is 5.32 Å². The van der Waals surface area contributed by atoms with E-state index in [1.807, 2.05) is 19.1 Å². The van der Waals surface area contributed by atoms with Crippen LogP contribution in [0.4, 0.5) is 5.69 Å². The largest absolute Gasteiger partial charge is 0.374 e. The molecule has 1 unspecified atom stereocenters. The van der Waals surface area contributed by atoms with Crippen molar-refractivity contribution < 1.29 is 4.79 Å². The number of hydrogen-bond acceptors (Lipinski definition) is 2. The maximum atomic E-state index is 11.8. The molecule has 1 aromatic rings. The Morgan fingerprint density at radius 3 is 2.88 bits per heavy atom. The van der Waals surface area contributed by atoms with Crippen molar-refractivity contribution in [3.8, 4) is 0 Å². The predicted molar refractivity (Wildman–Crippen MR) is 70.1 cm³/mol. The Bertz CT molecular complexity index is 399. The summed E-state index contributed by atoms with van der Waals surface area (Å²) in [4.78, 5) is 11.8. The lowest BCUT2D eigenvalue weighted by atomic mass is 10.1. The summed E-state index contributed by atoms with van der Waals surface area (Å²) in [6.45, 7) is 4.03. The summed E-state index contributed by atoms with van der Waals surface area (Å²) in [5.41, 5.74) is 2.30. The van der Waals surface area contributed by atoms with Crippen molar-refractivity contribution in [2.75, 3.05) is 5.32 Å². The van der Waals surface area contributed by atoms with Gasteiger partial charge < -0.3 is 10.6 Å². The fraction of sp³-hybridized carbons (Fsp3) is 0.500. The molecule has 0 saturated heterocycles. The third-order valence-corrected chi connectivity index (χ3v) is 3.04. The summed E-state index contributed by atoms with van der Waals surface area (Å²) in [7, 11) is 0. The average Bonchev–Trinajstić information content (AvgIpc) is 3.13. The zero-order valence-corrected chi connectivity index (χ0v) is 10.5. The Morgan fingerprint density at radius 2 is 2.24 bits per heavy atom. The minimum Gasteiger partial charge on any atom is -0.374 e. The standard InChI is InChI=1S/C14H20N2O/c1-3-11-5-4-6-13(9-11)15-10(2)14(17)16-12-7-8-12/h4-6,9-10,12,15H,3,7-8H2,1-2H3,(H,16,17). The van der Waals surface area contributed by atoms with Crippen LogP contribution in [0.25, 0.3) is 0 Å². The van der Waals surface area contributed by atoms with Crippen LogP contribution in [-0.4, -0.2) is 18.0 Å². The summed E-state index contributed by atoms with van der Waals surface area (Å²) >= 11 is 0. The second-order valence-corrected chi connectivity index (χ2v) is 4.70. The van der Waals surface area contributed by atoms with Gasteiger partial charge in [-0.05, 0) is 43.9 Å². The van der Waals surface area contributed by atoms with Crippen LogP contribution in [0, 0.1) is 0 Å². The van der Waals surface area contributed by atoms with E-state index < -0.39 is 0 Å². The van der Waals surface area contributed by atoms with Crippen LogP contribution in [0.3, 0.4) is 0 Å². The zero-order chi connectivity index (χ0) is 12.3. The molecule has 3 nitrogen and oxygen atoms in total. The molecule has 2 N–H and O–H groups in total. The van der Waals surface area contributed by atoms with Crippen molar-refractivity contribution in [1.29, 1.82) is 0 Å². The zero-order valence-electron chi connectivity index (χ0n) is 10.5. The highest BCUT2D eigenvalue weighted by Crippen LogP contribution is 2.19. The van der Waals surface area contributed by atoms with Gasteiger partial charge in [0.25, 0.3) is 0 Å². The quantitative estimate of drug-likeness (QED) is 0.818. The molecule has 1 aliphatic rings. The Hall–Kier alpha value is -1.51. The smallest absolute Gasteiger partial charge is 0.242 e. The van der Waals surface area contributed by atoms with E-state index in [0.29, 0.717) is 6.04 Å². The Kier molecular flexibility index (Phi) is 3.67. The summed E-state index contributed by atoms with van der Waals surface area (Å²) in [6.07, 6.45) is 3.27. The number of carbonyl (C=O) groups excluding carboxylic acids is 1. The summed E-state index contributed by atoms with van der Waals surface area (Å²) in [6, 6.07) is 8.46. The van der Waals surface area contributed by atoms with Crippen LogP contribution in [-0.2, 0) is 11.2 Å². The van der Waals surface area contributed by atoms with E-state index in [9.17, 15) is 4.79 Å². The summed E-state index contributed by atoms with van der Waals surface area (Å²) in [5.74, 6) is 0.0920. The van der Waals surface area contributed by atoms with Gasteiger partial charge in [-0.2, -0.15) is 0 Å². The first kappa shape index (κ1) is 12.0. The molecule has 0 radical (unpaired) electrons. The fourth-order valence-electron chi connectivity index (χ4n) is 1.75. The molecule has 0 heterocycles. The molecule has 1 saturated carbocycles. The maximum absolute atomic E-state index is 11.8. The number of nitrogens with one attached hydrogen (secondary N) is 2. The molecule has 0 bridgehead atoms. The van der Waals surface area contributed by atoms with Crippen molar-refractivity contribution in [2.24, 2.45) is 0 Å². The van der Waals surface area contributed by atoms with Crippen molar-refractivity contribution in [2.45, 2.75) is 45.2 Å².